The lowest BCUT2D eigenvalue weighted by atomic mass is 10.2. The van der Waals surface area contributed by atoms with Crippen molar-refractivity contribution in [3.63, 3.8) is 0 Å². The lowest BCUT2D eigenvalue weighted by Crippen LogP contribution is -2.32. The van der Waals surface area contributed by atoms with E-state index >= 15 is 0 Å². The van der Waals surface area contributed by atoms with E-state index in [1.165, 1.54) is 0 Å². The molecule has 0 heterocycles. The van der Waals surface area contributed by atoms with Gasteiger partial charge in [-0.3, -0.25) is 9.35 Å². The summed E-state index contributed by atoms with van der Waals surface area (Å²) in [6, 6.07) is 8.42. The predicted molar refractivity (Wildman–Crippen MR) is 53.9 cm³/mol. The van der Waals surface area contributed by atoms with Gasteiger partial charge in [-0.1, -0.05) is 18.2 Å². The third-order valence-electron chi connectivity index (χ3n) is 1.72. The van der Waals surface area contributed by atoms with Gasteiger partial charge in [-0.2, -0.15) is 0 Å². The molecular weight excluding hydrogens is 202 g/mol. The fraction of sp³-hybridized carbons (Fsp3) is 0.222. The first kappa shape index (κ1) is 10.9. The van der Waals surface area contributed by atoms with E-state index in [0.29, 0.717) is 5.56 Å². The van der Waals surface area contributed by atoms with Crippen LogP contribution in [0.3, 0.4) is 0 Å². The molecule has 1 atom stereocenters. The second-order valence-electron chi connectivity index (χ2n) is 2.60. The minimum atomic E-state index is -2.25. The molecule has 0 radical (unpaired) electrons. The fourth-order valence-electron chi connectivity index (χ4n) is 1.05. The predicted octanol–water partition coefficient (Wildman–Crippen LogP) is 1.29. The van der Waals surface area contributed by atoms with Gasteiger partial charge in [0.15, 0.2) is 0 Å². The molecule has 0 aliphatic rings. The van der Waals surface area contributed by atoms with Crippen LogP contribution in [0.5, 0.6) is 0 Å². The molecule has 0 aliphatic carbocycles. The Balaban J connectivity index is 2.89. The smallest absolute Gasteiger partial charge is 0.267 e. The highest BCUT2D eigenvalue weighted by Crippen LogP contribution is 2.05. The van der Waals surface area contributed by atoms with Crippen LogP contribution in [0.2, 0.25) is 0 Å². The SMILES string of the molecule is CCN(C(=O)c1ccccc1)S(=O)O. The molecule has 1 amide bonds. The summed E-state index contributed by atoms with van der Waals surface area (Å²) in [6.07, 6.45) is 0. The van der Waals surface area contributed by atoms with Gasteiger partial charge in [-0.15, -0.1) is 0 Å². The van der Waals surface area contributed by atoms with Gasteiger partial charge in [0.2, 0.25) is 0 Å². The van der Waals surface area contributed by atoms with Crippen LogP contribution in [0.25, 0.3) is 0 Å². The van der Waals surface area contributed by atoms with Gasteiger partial charge < -0.3 is 0 Å². The normalized spacial score (nSPS) is 12.1. The number of carbonyl (C=O) groups is 1. The molecule has 1 rings (SSSR count). The van der Waals surface area contributed by atoms with E-state index in [0.717, 1.165) is 4.31 Å². The van der Waals surface area contributed by atoms with Gasteiger partial charge in [-0.25, -0.2) is 8.51 Å². The van der Waals surface area contributed by atoms with Crippen LogP contribution in [0.15, 0.2) is 30.3 Å². The lowest BCUT2D eigenvalue weighted by Gasteiger charge is -2.14. The topological polar surface area (TPSA) is 57.6 Å². The zero-order chi connectivity index (χ0) is 10.6. The zero-order valence-corrected chi connectivity index (χ0v) is 8.53. The van der Waals surface area contributed by atoms with Crippen LogP contribution >= 0.6 is 0 Å². The summed E-state index contributed by atoms with van der Waals surface area (Å²) in [6.45, 7) is 1.85. The molecule has 1 N–H and O–H groups in total. The van der Waals surface area contributed by atoms with Crippen LogP contribution in [0, 0.1) is 0 Å². The Morgan fingerprint density at radius 2 is 2.00 bits per heavy atom. The average molecular weight is 213 g/mol. The van der Waals surface area contributed by atoms with Gasteiger partial charge in [0.05, 0.1) is 0 Å². The van der Waals surface area contributed by atoms with Crippen molar-refractivity contribution in [1.29, 1.82) is 0 Å². The van der Waals surface area contributed by atoms with Crippen molar-refractivity contribution < 1.29 is 13.6 Å². The minimum absolute atomic E-state index is 0.205. The Morgan fingerprint density at radius 3 is 2.43 bits per heavy atom. The molecule has 0 saturated heterocycles. The minimum Gasteiger partial charge on any atom is -0.289 e. The molecule has 1 aromatic carbocycles. The van der Waals surface area contributed by atoms with E-state index in [9.17, 15) is 9.00 Å². The van der Waals surface area contributed by atoms with Crippen LogP contribution in [-0.4, -0.2) is 25.5 Å². The Bertz CT molecular complexity index is 339. The summed E-state index contributed by atoms with van der Waals surface area (Å²) < 4.78 is 20.5. The molecule has 0 bridgehead atoms. The molecular formula is C9H11NO3S. The van der Waals surface area contributed by atoms with Crippen molar-refractivity contribution in [2.24, 2.45) is 0 Å². The second-order valence-corrected chi connectivity index (χ2v) is 3.50. The third kappa shape index (κ3) is 2.40. The van der Waals surface area contributed by atoms with Crippen molar-refractivity contribution in [3.8, 4) is 0 Å². The van der Waals surface area contributed by atoms with E-state index in [-0.39, 0.29) is 6.54 Å². The Hall–Kier alpha value is -1.20. The average Bonchev–Trinajstić information content (AvgIpc) is 2.19. The molecule has 1 unspecified atom stereocenters. The zero-order valence-electron chi connectivity index (χ0n) is 7.71. The first-order valence-corrected chi connectivity index (χ1v) is 5.21. The maximum atomic E-state index is 11.6. The van der Waals surface area contributed by atoms with Gasteiger partial charge in [0, 0.05) is 12.1 Å². The summed E-state index contributed by atoms with van der Waals surface area (Å²) in [5.41, 5.74) is 0.414. The highest BCUT2D eigenvalue weighted by Gasteiger charge is 2.17. The number of carbonyl (C=O) groups excluding carboxylic acids is 1. The second kappa shape index (κ2) is 4.88. The van der Waals surface area contributed by atoms with Crippen LogP contribution in [-0.2, 0) is 11.3 Å². The van der Waals surface area contributed by atoms with E-state index in [1.807, 2.05) is 0 Å². The molecule has 4 nitrogen and oxygen atoms in total. The van der Waals surface area contributed by atoms with E-state index in [4.69, 9.17) is 4.55 Å². The largest absolute Gasteiger partial charge is 0.289 e. The first-order valence-electron chi connectivity index (χ1n) is 4.14. The van der Waals surface area contributed by atoms with Crippen LogP contribution in [0.4, 0.5) is 0 Å². The van der Waals surface area contributed by atoms with Crippen molar-refractivity contribution in [2.45, 2.75) is 6.92 Å². The summed E-state index contributed by atoms with van der Waals surface area (Å²) in [7, 11) is 0. The molecule has 1 aromatic rings. The molecule has 0 fully saturated rings. The highest BCUT2D eigenvalue weighted by atomic mass is 32.2. The summed E-state index contributed by atoms with van der Waals surface area (Å²) in [5, 5.41) is 0. The Labute approximate surface area is 85.0 Å². The molecule has 14 heavy (non-hydrogen) atoms. The molecule has 0 saturated carbocycles. The molecule has 0 aromatic heterocycles. The van der Waals surface area contributed by atoms with Gasteiger partial charge in [0.1, 0.15) is 0 Å². The fourth-order valence-corrected chi connectivity index (χ4v) is 1.52. The van der Waals surface area contributed by atoms with Gasteiger partial charge in [0.25, 0.3) is 17.2 Å². The first-order chi connectivity index (χ1) is 6.66. The quantitative estimate of drug-likeness (QED) is 0.769. The van der Waals surface area contributed by atoms with Crippen molar-refractivity contribution >= 4 is 17.2 Å². The van der Waals surface area contributed by atoms with E-state index in [1.54, 1.807) is 37.3 Å². The number of nitrogens with zero attached hydrogens (tertiary/aromatic N) is 1. The molecule has 5 heteroatoms. The summed E-state index contributed by atoms with van der Waals surface area (Å²) in [4.78, 5) is 11.6. The standard InChI is InChI=1S/C9H11NO3S/c1-2-10(14(12)13)9(11)8-6-4-3-5-7-8/h3-7H,2H2,1H3,(H,12,13). The van der Waals surface area contributed by atoms with Crippen molar-refractivity contribution in [3.05, 3.63) is 35.9 Å². The van der Waals surface area contributed by atoms with Gasteiger partial charge in [-0.05, 0) is 19.1 Å². The maximum absolute atomic E-state index is 11.6. The lowest BCUT2D eigenvalue weighted by molar-refractivity contribution is 0.0865. The molecule has 0 aliphatic heterocycles. The van der Waals surface area contributed by atoms with Crippen LogP contribution < -0.4 is 0 Å². The third-order valence-corrected chi connectivity index (χ3v) is 2.52. The number of hydrogen-bond donors (Lipinski definition) is 1. The van der Waals surface area contributed by atoms with E-state index in [2.05, 4.69) is 0 Å². The summed E-state index contributed by atoms with van der Waals surface area (Å²) in [5.74, 6) is -0.436. The number of benzene rings is 1. The molecule has 0 spiro atoms. The monoisotopic (exact) mass is 213 g/mol. The Morgan fingerprint density at radius 1 is 1.43 bits per heavy atom. The van der Waals surface area contributed by atoms with Crippen LogP contribution in [0.1, 0.15) is 17.3 Å². The summed E-state index contributed by atoms with van der Waals surface area (Å²) >= 11 is -2.25. The van der Waals surface area contributed by atoms with Crippen molar-refractivity contribution in [2.75, 3.05) is 6.54 Å². The number of rotatable bonds is 3. The highest BCUT2D eigenvalue weighted by molar-refractivity contribution is 7.77. The Kier molecular flexibility index (Phi) is 3.79. The maximum Gasteiger partial charge on any atom is 0.267 e. The number of hydrogen-bond acceptors (Lipinski definition) is 2. The number of amides is 1. The van der Waals surface area contributed by atoms with Gasteiger partial charge >= 0.3 is 0 Å². The van der Waals surface area contributed by atoms with Crippen molar-refractivity contribution in [1.82, 2.24) is 4.31 Å². The molecule has 76 valence electrons. The van der Waals surface area contributed by atoms with E-state index < -0.39 is 17.2 Å².